The first-order chi connectivity index (χ1) is 18.3. The summed E-state index contributed by atoms with van der Waals surface area (Å²) >= 11 is 0. The Morgan fingerprint density at radius 1 is 1.18 bits per heavy atom. The second kappa shape index (κ2) is 8.91. The number of nitrogens with zero attached hydrogens (tertiary/aromatic N) is 6. The number of hydrogen-bond acceptors (Lipinski definition) is 7. The third-order valence-corrected chi connectivity index (χ3v) is 6.79. The van der Waals surface area contributed by atoms with Gasteiger partial charge in [0.1, 0.15) is 41.6 Å². The highest BCUT2D eigenvalue weighted by atomic mass is 19.1. The molecular formula is C28H24FN7O2. The van der Waals surface area contributed by atoms with E-state index in [2.05, 4.69) is 9.97 Å². The van der Waals surface area contributed by atoms with Crippen LogP contribution in [0.15, 0.2) is 71.8 Å². The van der Waals surface area contributed by atoms with Crippen molar-refractivity contribution >= 4 is 33.5 Å². The fourth-order valence-electron chi connectivity index (χ4n) is 4.84. The number of nitrogen functional groups attached to an aromatic ring is 1. The largest absolute Gasteiger partial charge is 0.508 e. The summed E-state index contributed by atoms with van der Waals surface area (Å²) in [4.78, 5) is 27.2. The maximum Gasteiger partial charge on any atom is 0.266 e. The summed E-state index contributed by atoms with van der Waals surface area (Å²) in [5.41, 5.74) is 9.30. The number of aromatic hydroxyl groups is 1. The lowest BCUT2D eigenvalue weighted by Gasteiger charge is -2.21. The molecule has 0 amide bonds. The molecule has 2 unspecified atom stereocenters. The molecule has 0 saturated heterocycles. The van der Waals surface area contributed by atoms with Gasteiger partial charge >= 0.3 is 0 Å². The monoisotopic (exact) mass is 509 g/mol. The predicted molar refractivity (Wildman–Crippen MR) is 144 cm³/mol. The van der Waals surface area contributed by atoms with Gasteiger partial charge in [0.2, 0.25) is 0 Å². The number of benzene rings is 2. The fourth-order valence-corrected chi connectivity index (χ4v) is 4.84. The van der Waals surface area contributed by atoms with Crippen molar-refractivity contribution in [3.63, 3.8) is 0 Å². The minimum absolute atomic E-state index is 0.166. The number of allylic oxidation sites excluding steroid dienone is 4. The SMILES string of the molecule is Cc1cc(-c2nn(C(C)c3nc4ccccc4c(=O)n3C3=CC(F)CC=C3)c3ncnc(N)c23)ccc1O. The molecule has 0 aliphatic heterocycles. The van der Waals surface area contributed by atoms with Crippen LogP contribution in [0.2, 0.25) is 0 Å². The first kappa shape index (κ1) is 23.5. The third kappa shape index (κ3) is 3.73. The van der Waals surface area contributed by atoms with Crippen LogP contribution in [0, 0.1) is 6.92 Å². The Morgan fingerprint density at radius 3 is 2.79 bits per heavy atom. The molecule has 0 saturated carbocycles. The minimum Gasteiger partial charge on any atom is -0.508 e. The average molecular weight is 510 g/mol. The highest BCUT2D eigenvalue weighted by molar-refractivity contribution is 5.98. The second-order valence-electron chi connectivity index (χ2n) is 9.30. The van der Waals surface area contributed by atoms with Gasteiger partial charge in [-0.15, -0.1) is 0 Å². The van der Waals surface area contributed by atoms with Gasteiger partial charge in [0.15, 0.2) is 5.65 Å². The van der Waals surface area contributed by atoms with Crippen LogP contribution in [0.25, 0.3) is 38.9 Å². The van der Waals surface area contributed by atoms with Gasteiger partial charge in [-0.3, -0.25) is 9.36 Å². The Bertz CT molecular complexity index is 1850. The Hall–Kier alpha value is -4.86. The van der Waals surface area contributed by atoms with Crippen LogP contribution in [-0.2, 0) is 0 Å². The average Bonchev–Trinajstić information content (AvgIpc) is 3.31. The van der Waals surface area contributed by atoms with E-state index in [9.17, 15) is 14.3 Å². The lowest BCUT2D eigenvalue weighted by Crippen LogP contribution is -2.28. The van der Waals surface area contributed by atoms with Gasteiger partial charge in [0.25, 0.3) is 5.56 Å². The van der Waals surface area contributed by atoms with Crippen molar-refractivity contribution < 1.29 is 9.50 Å². The van der Waals surface area contributed by atoms with Crippen molar-refractivity contribution in [1.82, 2.24) is 29.3 Å². The number of halogens is 1. The van der Waals surface area contributed by atoms with Crippen molar-refractivity contribution in [3.05, 3.63) is 88.8 Å². The zero-order valence-corrected chi connectivity index (χ0v) is 20.7. The van der Waals surface area contributed by atoms with Gasteiger partial charge in [0.05, 0.1) is 16.3 Å². The number of alkyl halides is 1. The van der Waals surface area contributed by atoms with Crippen LogP contribution >= 0.6 is 0 Å². The molecule has 0 spiro atoms. The second-order valence-corrected chi connectivity index (χ2v) is 9.30. The number of nitrogens with two attached hydrogens (primary N) is 1. The Kier molecular flexibility index (Phi) is 5.52. The Morgan fingerprint density at radius 2 is 2.00 bits per heavy atom. The number of rotatable bonds is 4. The minimum atomic E-state index is -1.21. The summed E-state index contributed by atoms with van der Waals surface area (Å²) in [6.45, 7) is 3.64. The highest BCUT2D eigenvalue weighted by Gasteiger charge is 2.26. The molecule has 3 N–H and O–H groups in total. The van der Waals surface area contributed by atoms with E-state index < -0.39 is 12.2 Å². The smallest absolute Gasteiger partial charge is 0.266 e. The molecule has 9 nitrogen and oxygen atoms in total. The molecule has 5 aromatic rings. The van der Waals surface area contributed by atoms with Gasteiger partial charge in [-0.2, -0.15) is 5.10 Å². The molecule has 1 aliphatic rings. The molecule has 1 aliphatic carbocycles. The predicted octanol–water partition coefficient (Wildman–Crippen LogP) is 4.55. The maximum absolute atomic E-state index is 14.4. The maximum atomic E-state index is 14.4. The topological polar surface area (TPSA) is 125 Å². The van der Waals surface area contributed by atoms with Gasteiger partial charge in [-0.1, -0.05) is 18.2 Å². The van der Waals surface area contributed by atoms with Crippen LogP contribution in [0.1, 0.15) is 30.8 Å². The van der Waals surface area contributed by atoms with E-state index in [1.54, 1.807) is 54.1 Å². The summed E-state index contributed by atoms with van der Waals surface area (Å²) in [7, 11) is 0. The zero-order valence-electron chi connectivity index (χ0n) is 20.7. The van der Waals surface area contributed by atoms with E-state index >= 15 is 0 Å². The van der Waals surface area contributed by atoms with Gasteiger partial charge in [-0.05, 0) is 61.9 Å². The number of para-hydroxylation sites is 1. The van der Waals surface area contributed by atoms with Gasteiger partial charge < -0.3 is 10.8 Å². The molecule has 0 fully saturated rings. The molecule has 2 atom stereocenters. The van der Waals surface area contributed by atoms with E-state index in [1.807, 2.05) is 19.1 Å². The van der Waals surface area contributed by atoms with Crippen molar-refractivity contribution in [3.8, 4) is 17.0 Å². The quantitative estimate of drug-likeness (QED) is 0.364. The normalized spacial score (nSPS) is 16.2. The lowest BCUT2D eigenvalue weighted by atomic mass is 10.1. The number of hydrogen-bond donors (Lipinski definition) is 2. The summed E-state index contributed by atoms with van der Waals surface area (Å²) in [6, 6.07) is 11.6. The molecule has 2 aromatic carbocycles. The van der Waals surface area contributed by atoms with Crippen LogP contribution in [0.3, 0.4) is 0 Å². The molecule has 0 radical (unpaired) electrons. The molecule has 190 valence electrons. The van der Waals surface area contributed by atoms with Crippen molar-refractivity contribution in [2.24, 2.45) is 0 Å². The lowest BCUT2D eigenvalue weighted by molar-refractivity contribution is 0.401. The molecule has 0 bridgehead atoms. The van der Waals surface area contributed by atoms with E-state index in [4.69, 9.17) is 15.8 Å². The van der Waals surface area contributed by atoms with Crippen molar-refractivity contribution in [2.45, 2.75) is 32.5 Å². The molecular weight excluding hydrogens is 485 g/mol. The number of anilines is 1. The van der Waals surface area contributed by atoms with E-state index in [1.165, 1.54) is 17.0 Å². The van der Waals surface area contributed by atoms with Crippen LogP contribution in [0.5, 0.6) is 5.75 Å². The molecule has 10 heteroatoms. The van der Waals surface area contributed by atoms with Gasteiger partial charge in [-0.25, -0.2) is 24.0 Å². The number of aryl methyl sites for hydroxylation is 1. The number of fused-ring (bicyclic) bond motifs is 2. The van der Waals surface area contributed by atoms with E-state index in [-0.39, 0.29) is 23.5 Å². The number of phenols is 1. The van der Waals surface area contributed by atoms with E-state index in [0.29, 0.717) is 44.7 Å². The summed E-state index contributed by atoms with van der Waals surface area (Å²) in [5, 5.41) is 15.9. The first-order valence-corrected chi connectivity index (χ1v) is 12.2. The summed E-state index contributed by atoms with van der Waals surface area (Å²) < 4.78 is 17.5. The third-order valence-electron chi connectivity index (χ3n) is 6.79. The van der Waals surface area contributed by atoms with Crippen LogP contribution < -0.4 is 11.3 Å². The van der Waals surface area contributed by atoms with Crippen LogP contribution in [-0.4, -0.2) is 40.6 Å². The summed E-state index contributed by atoms with van der Waals surface area (Å²) in [6.07, 6.45) is 5.27. The highest BCUT2D eigenvalue weighted by Crippen LogP contribution is 2.35. The molecule has 6 rings (SSSR count). The molecule has 3 heterocycles. The zero-order chi connectivity index (χ0) is 26.6. The molecule has 3 aromatic heterocycles. The Labute approximate surface area is 216 Å². The van der Waals surface area contributed by atoms with Crippen LogP contribution in [0.4, 0.5) is 10.2 Å². The van der Waals surface area contributed by atoms with Crippen molar-refractivity contribution in [2.75, 3.05) is 5.73 Å². The first-order valence-electron chi connectivity index (χ1n) is 12.2. The van der Waals surface area contributed by atoms with Crippen molar-refractivity contribution in [1.29, 1.82) is 0 Å². The summed E-state index contributed by atoms with van der Waals surface area (Å²) in [5.74, 6) is 0.782. The van der Waals surface area contributed by atoms with E-state index in [0.717, 1.165) is 5.56 Å². The standard InChI is InChI=1S/C28H24FN7O2/c1-15-12-17(10-11-22(15)37)24-23-25(30)31-14-32-27(23)36(34-24)16(2)26-33-21-9-4-3-8-20(21)28(38)35(26)19-7-5-6-18(29)13-19/h3-5,7-14,16,18,37H,6H2,1-2H3,(H2,30,31,32). The Balaban J connectivity index is 1.62. The number of aromatic nitrogens is 6. The van der Waals surface area contributed by atoms with Gasteiger partial charge in [0, 0.05) is 17.7 Å². The fraction of sp³-hybridized carbons (Fsp3) is 0.179. The molecule has 38 heavy (non-hydrogen) atoms. The number of phenolic OH excluding ortho intramolecular Hbond substituents is 1.